The molecule has 7 unspecified atom stereocenters. The Kier molecular flexibility index (Phi) is 15.2. The molecule has 16 rings (SSSR count). The Morgan fingerprint density at radius 2 is 0.720 bits per heavy atom. The molecule has 9 aromatic rings. The SMILES string of the molecule is Cc1ccccc1-c1ccc(-c2ccc(C3CC4CCC3CC4)cc2)c[n+]1C.Cc1ccccc1-c1ccc(-c2cccc(C3CC4CCC3C4)c2)c[n+]1C.[2H]C1(c2cccc(-c3ccc(-c4ccccc4C)[n+](C)c3)c2)CC2CCC1C2. The van der Waals surface area contributed by atoms with Crippen LogP contribution in [0.1, 0.15) is 136 Å². The van der Waals surface area contributed by atoms with Crippen LogP contribution in [0.2, 0.25) is 0 Å². The molecule has 82 heavy (non-hydrogen) atoms. The molecule has 0 radical (unpaired) electrons. The van der Waals surface area contributed by atoms with Gasteiger partial charge in [-0.3, -0.25) is 0 Å². The quantitative estimate of drug-likeness (QED) is 0.128. The molecule has 414 valence electrons. The molecule has 3 heteroatoms. The Hall–Kier alpha value is -7.23. The van der Waals surface area contributed by atoms with Crippen molar-refractivity contribution in [1.29, 1.82) is 0 Å². The van der Waals surface area contributed by atoms with E-state index in [4.69, 9.17) is 0 Å². The second-order valence-corrected chi connectivity index (χ2v) is 26.0. The first-order valence-corrected chi connectivity index (χ1v) is 31.4. The highest BCUT2D eigenvalue weighted by Gasteiger charge is 2.41. The average molecular weight is 1080 g/mol. The summed E-state index contributed by atoms with van der Waals surface area (Å²) < 4.78 is 15.9. The molecule has 6 aromatic carbocycles. The molecule has 7 atom stereocenters. The number of pyridine rings is 3. The molecule has 7 fully saturated rings. The second kappa shape index (κ2) is 23.6. The van der Waals surface area contributed by atoms with Crippen LogP contribution >= 0.6 is 0 Å². The molecule has 7 saturated carbocycles. The van der Waals surface area contributed by atoms with Crippen LogP contribution in [0.25, 0.3) is 67.2 Å². The molecule has 3 aromatic heterocycles. The van der Waals surface area contributed by atoms with Crippen LogP contribution in [0.5, 0.6) is 0 Å². The summed E-state index contributed by atoms with van der Waals surface area (Å²) in [7, 11) is 6.43. The van der Waals surface area contributed by atoms with E-state index in [-0.39, 0.29) is 5.89 Å². The number of hydrogen-bond donors (Lipinski definition) is 0. The minimum absolute atomic E-state index is 0.373. The zero-order valence-electron chi connectivity index (χ0n) is 50.7. The second-order valence-electron chi connectivity index (χ2n) is 26.0. The lowest BCUT2D eigenvalue weighted by Crippen LogP contribution is -2.30. The van der Waals surface area contributed by atoms with E-state index in [1.54, 1.807) is 11.1 Å². The number of nitrogens with zero attached hydrogens (tertiary/aromatic N) is 3. The predicted octanol–water partition coefficient (Wildman–Crippen LogP) is 18.6. The van der Waals surface area contributed by atoms with Crippen LogP contribution in [-0.2, 0) is 21.1 Å². The Balaban J connectivity index is 0.000000117. The van der Waals surface area contributed by atoms with Crippen molar-refractivity contribution in [2.45, 2.75) is 122 Å². The fraction of sp³-hybridized carbons (Fsp3) is 0.354. The third-order valence-corrected chi connectivity index (χ3v) is 20.9. The largest absolute Gasteiger partial charge is 0.212 e. The summed E-state index contributed by atoms with van der Waals surface area (Å²) >= 11 is 0. The highest BCUT2D eigenvalue weighted by Crippen LogP contribution is 2.55. The summed E-state index contributed by atoms with van der Waals surface area (Å²) in [5, 5.41) is 0. The van der Waals surface area contributed by atoms with Crippen LogP contribution in [-0.4, -0.2) is 0 Å². The maximum atomic E-state index is 9.18. The van der Waals surface area contributed by atoms with Gasteiger partial charge in [0.2, 0.25) is 17.1 Å². The van der Waals surface area contributed by atoms with Crippen molar-refractivity contribution in [2.24, 2.45) is 56.7 Å². The summed E-state index contributed by atoms with van der Waals surface area (Å²) in [5.74, 6) is 6.40. The van der Waals surface area contributed by atoms with Crippen molar-refractivity contribution >= 4 is 0 Å². The van der Waals surface area contributed by atoms with Gasteiger partial charge in [0.05, 0.1) is 0 Å². The average Bonchev–Trinajstić information content (AvgIpc) is 3.18. The summed E-state index contributed by atoms with van der Waals surface area (Å²) in [6.07, 6.45) is 24.7. The van der Waals surface area contributed by atoms with E-state index < -0.39 is 0 Å². The van der Waals surface area contributed by atoms with E-state index >= 15 is 0 Å². The van der Waals surface area contributed by atoms with Gasteiger partial charge in [0.15, 0.2) is 18.6 Å². The third-order valence-electron chi connectivity index (χ3n) is 20.9. The van der Waals surface area contributed by atoms with Gasteiger partial charge in [0.25, 0.3) is 0 Å². The first-order chi connectivity index (χ1) is 40.4. The predicted molar refractivity (Wildman–Crippen MR) is 339 cm³/mol. The number of hydrogen-bond acceptors (Lipinski definition) is 0. The number of aryl methyl sites for hydroxylation is 6. The minimum atomic E-state index is -0.373. The lowest BCUT2D eigenvalue weighted by Gasteiger charge is -2.42. The van der Waals surface area contributed by atoms with Crippen LogP contribution in [0, 0.1) is 56.3 Å². The van der Waals surface area contributed by atoms with Crippen LogP contribution in [0.15, 0.2) is 201 Å². The van der Waals surface area contributed by atoms with Crippen molar-refractivity contribution in [3.05, 3.63) is 234 Å². The van der Waals surface area contributed by atoms with Gasteiger partial charge >= 0.3 is 0 Å². The topological polar surface area (TPSA) is 11.6 Å². The normalized spacial score (nSPS) is 24.8. The number of rotatable bonds is 9. The van der Waals surface area contributed by atoms with Crippen molar-refractivity contribution in [2.75, 3.05) is 0 Å². The smallest absolute Gasteiger partial charge is 0.200 e. The lowest BCUT2D eigenvalue weighted by atomic mass is 9.63. The number of aromatic nitrogens is 3. The van der Waals surface area contributed by atoms with Gasteiger partial charge in [-0.05, 0) is 218 Å². The summed E-state index contributed by atoms with van der Waals surface area (Å²) in [6, 6.07) is 66.8. The lowest BCUT2D eigenvalue weighted by molar-refractivity contribution is -0.660. The zero-order valence-corrected chi connectivity index (χ0v) is 49.7. The molecule has 0 spiro atoms. The first-order valence-electron chi connectivity index (χ1n) is 31.9. The van der Waals surface area contributed by atoms with Gasteiger partial charge in [-0.2, -0.15) is 0 Å². The molecular formula is C79H86N3+3. The van der Waals surface area contributed by atoms with E-state index in [0.29, 0.717) is 5.92 Å². The standard InChI is InChI=1S/C27H30N.2C26H28N/c1-19-5-3-4-6-25(19)27-16-15-24(18-28(27)2)21-11-13-23(14-12-21)26-17-20-7-9-22(26)10-8-20;2*1-18-6-3-4-9-24(18)26-13-12-23(17-27(26)2)20-7-5-8-21(16-20)25-15-19-10-11-22(25)14-19/h3-6,11-16,18,20,22,26H,7-10,17H2,1-2H3;2*3-9,12-13,16-17,19,22,25H,10-11,14-15H2,1-2H3/q3*+1/i;25D;. The van der Waals surface area contributed by atoms with Crippen LogP contribution in [0.3, 0.4) is 0 Å². The van der Waals surface area contributed by atoms with E-state index in [1.807, 2.05) is 0 Å². The summed E-state index contributed by atoms with van der Waals surface area (Å²) in [5.41, 5.74) is 23.6. The molecule has 7 aliphatic carbocycles. The van der Waals surface area contributed by atoms with Crippen molar-refractivity contribution in [1.82, 2.24) is 0 Å². The van der Waals surface area contributed by atoms with Gasteiger partial charge in [-0.25, -0.2) is 13.7 Å². The van der Waals surface area contributed by atoms with Crippen molar-refractivity contribution in [3.63, 3.8) is 0 Å². The maximum Gasteiger partial charge on any atom is 0.212 e. The zero-order chi connectivity index (χ0) is 56.8. The Morgan fingerprint density at radius 1 is 0.317 bits per heavy atom. The summed E-state index contributed by atoms with van der Waals surface area (Å²) in [6.45, 7) is 6.53. The van der Waals surface area contributed by atoms with Gasteiger partial charge in [0.1, 0.15) is 21.1 Å². The third kappa shape index (κ3) is 11.2. The summed E-state index contributed by atoms with van der Waals surface area (Å²) in [4.78, 5) is 0. The van der Waals surface area contributed by atoms with Gasteiger partial charge in [-0.15, -0.1) is 0 Å². The molecule has 0 aliphatic heterocycles. The highest BCUT2D eigenvalue weighted by atomic mass is 14.9. The number of benzene rings is 6. The number of fused-ring (bicyclic) bond motifs is 7. The molecule has 0 saturated heterocycles. The van der Waals surface area contributed by atoms with E-state index in [9.17, 15) is 1.37 Å². The molecular weight excluding hydrogens is 991 g/mol. The van der Waals surface area contributed by atoms with Crippen molar-refractivity contribution < 1.29 is 15.1 Å². The molecule has 3 nitrogen and oxygen atoms in total. The molecule has 0 N–H and O–H groups in total. The highest BCUT2D eigenvalue weighted by molar-refractivity contribution is 5.69. The molecule has 6 bridgehead atoms. The first kappa shape index (κ1) is 52.8. The van der Waals surface area contributed by atoms with E-state index in [0.717, 1.165) is 47.8 Å². The Morgan fingerprint density at radius 3 is 1.15 bits per heavy atom. The van der Waals surface area contributed by atoms with Gasteiger partial charge < -0.3 is 0 Å². The molecule has 7 aliphatic rings. The fourth-order valence-corrected chi connectivity index (χ4v) is 16.4. The van der Waals surface area contributed by atoms with E-state index in [1.165, 1.54) is 166 Å². The monoisotopic (exact) mass is 1080 g/mol. The van der Waals surface area contributed by atoms with E-state index in [2.05, 4.69) is 256 Å². The van der Waals surface area contributed by atoms with Gasteiger partial charge in [-0.1, -0.05) is 153 Å². The molecule has 0 amide bonds. The van der Waals surface area contributed by atoms with Gasteiger partial charge in [0, 0.05) is 53.0 Å². The Bertz CT molecular complexity index is 3790. The van der Waals surface area contributed by atoms with Crippen LogP contribution in [0.4, 0.5) is 0 Å². The maximum absolute atomic E-state index is 9.18. The Labute approximate surface area is 492 Å². The van der Waals surface area contributed by atoms with Crippen molar-refractivity contribution in [3.8, 4) is 67.2 Å². The minimum Gasteiger partial charge on any atom is -0.200 e. The molecule has 3 heterocycles. The fourth-order valence-electron chi connectivity index (χ4n) is 16.4. The van der Waals surface area contributed by atoms with Crippen LogP contribution < -0.4 is 13.7 Å².